The maximum atomic E-state index is 11.8. The van der Waals surface area contributed by atoms with Gasteiger partial charge in [0.15, 0.2) is 0 Å². The molecule has 4 atom stereocenters. The van der Waals surface area contributed by atoms with Crippen LogP contribution in [0.4, 0.5) is 0 Å². The Morgan fingerprint density at radius 3 is 2.83 bits per heavy atom. The van der Waals surface area contributed by atoms with Gasteiger partial charge in [-0.3, -0.25) is 9.69 Å². The van der Waals surface area contributed by atoms with Crippen molar-refractivity contribution in [3.05, 3.63) is 0 Å². The predicted molar refractivity (Wildman–Crippen MR) is 71.1 cm³/mol. The number of carbonyl (C=O) groups is 1. The molecule has 4 unspecified atom stereocenters. The first kappa shape index (κ1) is 13.8. The lowest BCUT2D eigenvalue weighted by Gasteiger charge is -2.41. The van der Waals surface area contributed by atoms with E-state index in [1.807, 2.05) is 0 Å². The van der Waals surface area contributed by atoms with Crippen LogP contribution in [0.5, 0.6) is 0 Å². The predicted octanol–water partition coefficient (Wildman–Crippen LogP) is 1.39. The van der Waals surface area contributed by atoms with Crippen LogP contribution in [-0.2, 0) is 9.53 Å². The molecule has 4 nitrogen and oxygen atoms in total. The van der Waals surface area contributed by atoms with Gasteiger partial charge < -0.3 is 10.5 Å². The van der Waals surface area contributed by atoms with Crippen LogP contribution in [-0.4, -0.2) is 43.2 Å². The minimum atomic E-state index is -0.0681. The Labute approximate surface area is 110 Å². The molecular formula is C14H26N2O2. The van der Waals surface area contributed by atoms with E-state index in [0.717, 1.165) is 31.8 Å². The maximum Gasteiger partial charge on any atom is 0.323 e. The summed E-state index contributed by atoms with van der Waals surface area (Å²) in [5.41, 5.74) is 5.92. The van der Waals surface area contributed by atoms with Crippen molar-refractivity contribution in [2.24, 2.45) is 17.6 Å². The van der Waals surface area contributed by atoms with Crippen molar-refractivity contribution in [1.82, 2.24) is 4.90 Å². The van der Waals surface area contributed by atoms with Crippen molar-refractivity contribution in [3.63, 3.8) is 0 Å². The molecule has 1 heterocycles. The highest BCUT2D eigenvalue weighted by atomic mass is 16.5. The third-order valence-electron chi connectivity index (χ3n) is 4.71. The average Bonchev–Trinajstić information content (AvgIpc) is 2.86. The summed E-state index contributed by atoms with van der Waals surface area (Å²) < 4.78 is 4.94. The van der Waals surface area contributed by atoms with Crippen LogP contribution >= 0.6 is 0 Å². The molecule has 18 heavy (non-hydrogen) atoms. The minimum absolute atomic E-state index is 0.0284. The SMILES string of the molecule is COC(=O)C1CCCN1C1CC(C)CCC1CN. The molecule has 0 bridgehead atoms. The van der Waals surface area contributed by atoms with Crippen LogP contribution in [0.3, 0.4) is 0 Å². The number of nitrogens with zero attached hydrogens (tertiary/aromatic N) is 1. The van der Waals surface area contributed by atoms with Gasteiger partial charge in [0.05, 0.1) is 7.11 Å². The van der Waals surface area contributed by atoms with Gasteiger partial charge >= 0.3 is 5.97 Å². The van der Waals surface area contributed by atoms with Crippen LogP contribution < -0.4 is 5.73 Å². The van der Waals surface area contributed by atoms with E-state index in [-0.39, 0.29) is 12.0 Å². The van der Waals surface area contributed by atoms with Crippen LogP contribution in [0.25, 0.3) is 0 Å². The van der Waals surface area contributed by atoms with Gasteiger partial charge in [-0.15, -0.1) is 0 Å². The number of methoxy groups -OCH3 is 1. The summed E-state index contributed by atoms with van der Waals surface area (Å²) in [5.74, 6) is 1.23. The van der Waals surface area contributed by atoms with Gasteiger partial charge in [-0.25, -0.2) is 0 Å². The van der Waals surface area contributed by atoms with Crippen LogP contribution in [0.2, 0.25) is 0 Å². The summed E-state index contributed by atoms with van der Waals surface area (Å²) >= 11 is 0. The van der Waals surface area contributed by atoms with Crippen molar-refractivity contribution < 1.29 is 9.53 Å². The molecule has 1 aliphatic carbocycles. The number of hydrogen-bond acceptors (Lipinski definition) is 4. The molecule has 1 aliphatic heterocycles. The van der Waals surface area contributed by atoms with Gasteiger partial charge in [-0.2, -0.15) is 0 Å². The van der Waals surface area contributed by atoms with E-state index in [1.165, 1.54) is 26.4 Å². The van der Waals surface area contributed by atoms with Crippen molar-refractivity contribution in [2.45, 2.75) is 51.1 Å². The molecule has 2 rings (SSSR count). The number of carbonyl (C=O) groups excluding carboxylic acids is 1. The van der Waals surface area contributed by atoms with Gasteiger partial charge in [-0.1, -0.05) is 13.3 Å². The highest BCUT2D eigenvalue weighted by Gasteiger charge is 2.40. The molecule has 4 heteroatoms. The molecule has 2 fully saturated rings. The molecule has 2 aliphatic rings. The molecule has 0 spiro atoms. The van der Waals surface area contributed by atoms with Crippen molar-refractivity contribution in [2.75, 3.05) is 20.2 Å². The highest BCUT2D eigenvalue weighted by molar-refractivity contribution is 5.76. The third-order valence-corrected chi connectivity index (χ3v) is 4.71. The second-order valence-electron chi connectivity index (χ2n) is 5.90. The Morgan fingerprint density at radius 2 is 2.17 bits per heavy atom. The monoisotopic (exact) mass is 254 g/mol. The number of hydrogen-bond donors (Lipinski definition) is 1. The van der Waals surface area contributed by atoms with Crippen LogP contribution in [0, 0.1) is 11.8 Å². The molecule has 0 amide bonds. The quantitative estimate of drug-likeness (QED) is 0.773. The highest BCUT2D eigenvalue weighted by Crippen LogP contribution is 2.35. The lowest BCUT2D eigenvalue weighted by Crippen LogP contribution is -2.51. The standard InChI is InChI=1S/C14H26N2O2/c1-10-5-6-11(9-15)13(8-10)16-7-3-4-12(16)14(17)18-2/h10-13H,3-9,15H2,1-2H3. The van der Waals surface area contributed by atoms with E-state index in [2.05, 4.69) is 11.8 Å². The molecule has 0 radical (unpaired) electrons. The van der Waals surface area contributed by atoms with Crippen molar-refractivity contribution in [1.29, 1.82) is 0 Å². The van der Waals surface area contributed by atoms with Gasteiger partial charge in [0.25, 0.3) is 0 Å². The molecule has 1 saturated carbocycles. The fourth-order valence-electron chi connectivity index (χ4n) is 3.67. The number of rotatable bonds is 3. The summed E-state index contributed by atoms with van der Waals surface area (Å²) in [4.78, 5) is 14.2. The Kier molecular flexibility index (Phi) is 4.62. The second-order valence-corrected chi connectivity index (χ2v) is 5.90. The first-order valence-corrected chi connectivity index (χ1v) is 7.21. The van der Waals surface area contributed by atoms with E-state index >= 15 is 0 Å². The number of likely N-dealkylation sites (tertiary alicyclic amines) is 1. The molecule has 104 valence electrons. The fourth-order valence-corrected chi connectivity index (χ4v) is 3.67. The number of ether oxygens (including phenoxy) is 1. The normalized spacial score (nSPS) is 37.7. The second kappa shape index (κ2) is 6.02. The van der Waals surface area contributed by atoms with Crippen molar-refractivity contribution in [3.8, 4) is 0 Å². The molecular weight excluding hydrogens is 228 g/mol. The molecule has 0 aromatic rings. The molecule has 0 aromatic carbocycles. The maximum absolute atomic E-state index is 11.8. The van der Waals surface area contributed by atoms with E-state index in [4.69, 9.17) is 10.5 Å². The molecule has 2 N–H and O–H groups in total. The first-order chi connectivity index (χ1) is 8.67. The lowest BCUT2D eigenvalue weighted by molar-refractivity contribution is -0.147. The Hall–Kier alpha value is -0.610. The molecule has 1 saturated heterocycles. The van der Waals surface area contributed by atoms with E-state index in [9.17, 15) is 4.79 Å². The summed E-state index contributed by atoms with van der Waals surface area (Å²) in [7, 11) is 1.49. The Balaban J connectivity index is 2.09. The van der Waals surface area contributed by atoms with E-state index in [0.29, 0.717) is 12.0 Å². The topological polar surface area (TPSA) is 55.6 Å². The fraction of sp³-hybridized carbons (Fsp3) is 0.929. The Bertz CT molecular complexity index is 296. The summed E-state index contributed by atoms with van der Waals surface area (Å²) in [6, 6.07) is 0.449. The van der Waals surface area contributed by atoms with Crippen LogP contribution in [0.15, 0.2) is 0 Å². The van der Waals surface area contributed by atoms with Gasteiger partial charge in [0.1, 0.15) is 6.04 Å². The van der Waals surface area contributed by atoms with E-state index < -0.39 is 0 Å². The zero-order valence-corrected chi connectivity index (χ0v) is 11.6. The van der Waals surface area contributed by atoms with Crippen molar-refractivity contribution >= 4 is 5.97 Å². The van der Waals surface area contributed by atoms with Gasteiger partial charge in [0, 0.05) is 6.04 Å². The zero-order chi connectivity index (χ0) is 13.1. The number of nitrogens with two attached hydrogens (primary N) is 1. The average molecular weight is 254 g/mol. The number of esters is 1. The smallest absolute Gasteiger partial charge is 0.323 e. The Morgan fingerprint density at radius 1 is 1.39 bits per heavy atom. The minimum Gasteiger partial charge on any atom is -0.468 e. The summed E-state index contributed by atoms with van der Waals surface area (Å²) in [6.07, 6.45) is 5.69. The lowest BCUT2D eigenvalue weighted by atomic mass is 9.78. The summed E-state index contributed by atoms with van der Waals surface area (Å²) in [6.45, 7) is 4.07. The summed E-state index contributed by atoms with van der Waals surface area (Å²) in [5, 5.41) is 0. The third kappa shape index (κ3) is 2.69. The molecule has 0 aromatic heterocycles. The van der Waals surface area contributed by atoms with E-state index in [1.54, 1.807) is 0 Å². The van der Waals surface area contributed by atoms with Gasteiger partial charge in [0.2, 0.25) is 0 Å². The first-order valence-electron chi connectivity index (χ1n) is 7.21. The largest absolute Gasteiger partial charge is 0.468 e. The van der Waals surface area contributed by atoms with Crippen LogP contribution in [0.1, 0.15) is 39.0 Å². The van der Waals surface area contributed by atoms with Gasteiger partial charge in [-0.05, 0) is 50.6 Å². The zero-order valence-electron chi connectivity index (χ0n) is 11.6.